The number of ether oxygens (including phenoxy) is 3. The summed E-state index contributed by atoms with van der Waals surface area (Å²) >= 11 is 1.46. The topological polar surface area (TPSA) is 78.0 Å². The summed E-state index contributed by atoms with van der Waals surface area (Å²) in [5.74, 6) is 0.886. The van der Waals surface area contributed by atoms with Crippen LogP contribution in [0.25, 0.3) is 11.3 Å². The molecule has 1 saturated heterocycles. The predicted molar refractivity (Wildman–Crippen MR) is 126 cm³/mol. The lowest BCUT2D eigenvalue weighted by Crippen LogP contribution is -2.39. The minimum absolute atomic E-state index is 0.0212. The molecule has 0 bridgehead atoms. The minimum atomic E-state index is -4.83. The molecule has 0 radical (unpaired) electrons. The summed E-state index contributed by atoms with van der Waals surface area (Å²) in [6.07, 6.45) is -4.08. The van der Waals surface area contributed by atoms with Crippen LogP contribution >= 0.6 is 11.3 Å². The van der Waals surface area contributed by atoms with Crippen LogP contribution in [0.5, 0.6) is 17.2 Å². The smallest absolute Gasteiger partial charge is 0.497 e. The molecule has 1 aliphatic rings. The molecule has 0 amide bonds. The third-order valence-corrected chi connectivity index (χ3v) is 8.89. The van der Waals surface area contributed by atoms with Crippen molar-refractivity contribution in [3.05, 3.63) is 47.8 Å². The maximum atomic E-state index is 13.0. The van der Waals surface area contributed by atoms with Crippen molar-refractivity contribution in [3.8, 4) is 28.5 Å². The monoisotopic (exact) mass is 528 g/mol. The standard InChI is InChI=1S/C23H23F3N2O5S2/c1-31-16-5-8-21(32-2)19(13-16)20-14-34-22(27-20)28-11-9-18(10-12-28)35(29,30)17-6-3-15(4-7-17)33-23(24,25)26/h3-8,13-14,18H,9-12H2,1-2H3. The van der Waals surface area contributed by atoms with Crippen molar-refractivity contribution in [3.63, 3.8) is 0 Å². The summed E-state index contributed by atoms with van der Waals surface area (Å²) in [6, 6.07) is 9.79. The van der Waals surface area contributed by atoms with E-state index in [9.17, 15) is 21.6 Å². The molecule has 35 heavy (non-hydrogen) atoms. The van der Waals surface area contributed by atoms with E-state index in [1.54, 1.807) is 20.3 Å². The van der Waals surface area contributed by atoms with E-state index in [1.807, 2.05) is 22.4 Å². The first-order chi connectivity index (χ1) is 16.6. The highest BCUT2D eigenvalue weighted by molar-refractivity contribution is 7.92. The number of rotatable bonds is 7. The molecule has 1 fully saturated rings. The number of hydrogen-bond donors (Lipinski definition) is 0. The van der Waals surface area contributed by atoms with E-state index in [0.717, 1.165) is 40.7 Å². The molecule has 12 heteroatoms. The Morgan fingerprint density at radius 1 is 1.00 bits per heavy atom. The number of alkyl halides is 3. The van der Waals surface area contributed by atoms with Crippen molar-refractivity contribution in [2.45, 2.75) is 29.3 Å². The molecular formula is C23H23F3N2O5S2. The first-order valence-corrected chi connectivity index (χ1v) is 13.1. The Labute approximate surface area is 205 Å². The van der Waals surface area contributed by atoms with Gasteiger partial charge in [0.15, 0.2) is 15.0 Å². The van der Waals surface area contributed by atoms with Crippen LogP contribution in [-0.4, -0.2) is 52.3 Å². The van der Waals surface area contributed by atoms with Gasteiger partial charge in [-0.3, -0.25) is 0 Å². The lowest BCUT2D eigenvalue weighted by Gasteiger charge is -2.31. The minimum Gasteiger partial charge on any atom is -0.497 e. The summed E-state index contributed by atoms with van der Waals surface area (Å²) < 4.78 is 77.7. The molecule has 2 heterocycles. The molecule has 188 valence electrons. The summed E-state index contributed by atoms with van der Waals surface area (Å²) in [5.41, 5.74) is 1.53. The van der Waals surface area contributed by atoms with Crippen LogP contribution in [0.1, 0.15) is 12.8 Å². The summed E-state index contributed by atoms with van der Waals surface area (Å²) in [6.45, 7) is 0.975. The summed E-state index contributed by atoms with van der Waals surface area (Å²) in [4.78, 5) is 6.74. The third-order valence-electron chi connectivity index (χ3n) is 5.71. The Kier molecular flexibility index (Phi) is 7.13. The zero-order chi connectivity index (χ0) is 25.2. The zero-order valence-corrected chi connectivity index (χ0v) is 20.5. The molecule has 1 aromatic heterocycles. The van der Waals surface area contributed by atoms with Gasteiger partial charge in [-0.1, -0.05) is 0 Å². The number of nitrogens with zero attached hydrogens (tertiary/aromatic N) is 2. The van der Waals surface area contributed by atoms with Crippen molar-refractivity contribution in [1.29, 1.82) is 0 Å². The normalized spacial score (nSPS) is 15.2. The summed E-state index contributed by atoms with van der Waals surface area (Å²) in [7, 11) is -0.525. The van der Waals surface area contributed by atoms with Gasteiger partial charge in [-0.25, -0.2) is 13.4 Å². The molecular weight excluding hydrogens is 505 g/mol. The van der Waals surface area contributed by atoms with Gasteiger partial charge in [-0.05, 0) is 55.3 Å². The van der Waals surface area contributed by atoms with Crippen LogP contribution < -0.4 is 19.1 Å². The molecule has 0 N–H and O–H groups in total. The fourth-order valence-electron chi connectivity index (χ4n) is 3.93. The van der Waals surface area contributed by atoms with Crippen molar-refractivity contribution >= 4 is 26.3 Å². The molecule has 0 spiro atoms. The first kappa shape index (κ1) is 25.1. The number of halogens is 3. The number of methoxy groups -OCH3 is 2. The molecule has 3 aromatic rings. The molecule has 1 aliphatic heterocycles. The molecule has 7 nitrogen and oxygen atoms in total. The second kappa shape index (κ2) is 9.94. The Hall–Kier alpha value is -2.99. The van der Waals surface area contributed by atoms with Gasteiger partial charge < -0.3 is 19.1 Å². The molecule has 4 rings (SSSR count). The van der Waals surface area contributed by atoms with E-state index in [-0.39, 0.29) is 4.90 Å². The van der Waals surface area contributed by atoms with Crippen molar-refractivity contribution in [1.82, 2.24) is 4.98 Å². The van der Waals surface area contributed by atoms with Gasteiger partial charge in [-0.2, -0.15) is 0 Å². The quantitative estimate of drug-likeness (QED) is 0.419. The van der Waals surface area contributed by atoms with Crippen LogP contribution in [-0.2, 0) is 9.84 Å². The lowest BCUT2D eigenvalue weighted by atomic mass is 10.1. The van der Waals surface area contributed by atoms with Gasteiger partial charge in [0.25, 0.3) is 0 Å². The highest BCUT2D eigenvalue weighted by atomic mass is 32.2. The van der Waals surface area contributed by atoms with Crippen LogP contribution in [0.2, 0.25) is 0 Å². The fraction of sp³-hybridized carbons (Fsp3) is 0.348. The van der Waals surface area contributed by atoms with Crippen molar-refractivity contribution in [2.24, 2.45) is 0 Å². The zero-order valence-electron chi connectivity index (χ0n) is 18.9. The van der Waals surface area contributed by atoms with Crippen LogP contribution in [0.4, 0.5) is 18.3 Å². The molecule has 0 unspecified atom stereocenters. The molecule has 2 aromatic carbocycles. The Morgan fingerprint density at radius 3 is 2.26 bits per heavy atom. The van der Waals surface area contributed by atoms with E-state index >= 15 is 0 Å². The largest absolute Gasteiger partial charge is 0.573 e. The number of hydrogen-bond acceptors (Lipinski definition) is 8. The number of aromatic nitrogens is 1. The van der Waals surface area contributed by atoms with Crippen LogP contribution in [0, 0.1) is 0 Å². The highest BCUT2D eigenvalue weighted by Crippen LogP contribution is 2.37. The number of sulfone groups is 1. The van der Waals surface area contributed by atoms with Crippen molar-refractivity contribution < 1.29 is 35.8 Å². The van der Waals surface area contributed by atoms with Gasteiger partial charge in [0.1, 0.15) is 17.2 Å². The van der Waals surface area contributed by atoms with E-state index < -0.39 is 27.2 Å². The summed E-state index contributed by atoms with van der Waals surface area (Å²) in [5, 5.41) is 2.06. The maximum Gasteiger partial charge on any atom is 0.573 e. The Bertz CT molecular complexity index is 1270. The maximum absolute atomic E-state index is 13.0. The Morgan fingerprint density at radius 2 is 1.66 bits per heavy atom. The van der Waals surface area contributed by atoms with Gasteiger partial charge in [0.2, 0.25) is 0 Å². The van der Waals surface area contributed by atoms with E-state index in [1.165, 1.54) is 11.3 Å². The van der Waals surface area contributed by atoms with Crippen LogP contribution in [0.3, 0.4) is 0 Å². The lowest BCUT2D eigenvalue weighted by molar-refractivity contribution is -0.274. The number of thiazole rings is 1. The van der Waals surface area contributed by atoms with E-state index in [4.69, 9.17) is 14.5 Å². The molecule has 0 aliphatic carbocycles. The average Bonchev–Trinajstić information content (AvgIpc) is 3.33. The number of benzene rings is 2. The highest BCUT2D eigenvalue weighted by Gasteiger charge is 2.34. The number of anilines is 1. The second-order valence-corrected chi connectivity index (χ2v) is 10.9. The van der Waals surface area contributed by atoms with Gasteiger partial charge >= 0.3 is 6.36 Å². The predicted octanol–water partition coefficient (Wildman–Crippen LogP) is 5.17. The van der Waals surface area contributed by atoms with E-state index in [2.05, 4.69) is 4.74 Å². The van der Waals surface area contributed by atoms with Gasteiger partial charge in [0.05, 0.1) is 30.1 Å². The Balaban J connectivity index is 1.44. The van der Waals surface area contributed by atoms with Gasteiger partial charge in [-0.15, -0.1) is 24.5 Å². The average molecular weight is 529 g/mol. The third kappa shape index (κ3) is 5.64. The second-order valence-electron chi connectivity index (χ2n) is 7.83. The van der Waals surface area contributed by atoms with Crippen LogP contribution in [0.15, 0.2) is 52.7 Å². The SMILES string of the molecule is COc1ccc(OC)c(-c2csc(N3CCC(S(=O)(=O)c4ccc(OC(F)(F)F)cc4)CC3)n2)c1. The molecule has 0 saturated carbocycles. The van der Waals surface area contributed by atoms with Crippen molar-refractivity contribution in [2.75, 3.05) is 32.2 Å². The fourth-order valence-corrected chi connectivity index (χ4v) is 6.54. The first-order valence-electron chi connectivity index (χ1n) is 10.6. The van der Waals surface area contributed by atoms with Gasteiger partial charge in [0, 0.05) is 24.0 Å². The van der Waals surface area contributed by atoms with E-state index in [0.29, 0.717) is 37.4 Å². The number of piperidine rings is 1. The molecule has 0 atom stereocenters.